The molecular weight excluding hydrogens is 265 g/mol. The fraction of sp³-hybridized carbons (Fsp3) is 0.471. The van der Waals surface area contributed by atoms with Crippen LogP contribution in [0.5, 0.6) is 0 Å². The van der Waals surface area contributed by atoms with Crippen LogP contribution < -0.4 is 5.73 Å². The van der Waals surface area contributed by atoms with Crippen molar-refractivity contribution in [1.29, 1.82) is 0 Å². The highest BCUT2D eigenvalue weighted by atomic mass is 19.1. The summed E-state index contributed by atoms with van der Waals surface area (Å²) in [6.07, 6.45) is 5.48. The lowest BCUT2D eigenvalue weighted by Crippen LogP contribution is -2.18. The lowest BCUT2D eigenvalue weighted by atomic mass is 10.0. The summed E-state index contributed by atoms with van der Waals surface area (Å²) in [7, 11) is 0. The van der Waals surface area contributed by atoms with Gasteiger partial charge in [-0.25, -0.2) is 9.37 Å². The van der Waals surface area contributed by atoms with E-state index in [-0.39, 0.29) is 11.9 Å². The Hall–Kier alpha value is -1.68. The molecular formula is C17H24FN3. The third-order valence-electron chi connectivity index (χ3n) is 3.78. The Labute approximate surface area is 126 Å². The summed E-state index contributed by atoms with van der Waals surface area (Å²) in [4.78, 5) is 4.22. The lowest BCUT2D eigenvalue weighted by molar-refractivity contribution is 0.483. The van der Waals surface area contributed by atoms with Crippen LogP contribution in [0.2, 0.25) is 0 Å². The number of imidazole rings is 1. The van der Waals surface area contributed by atoms with Gasteiger partial charge >= 0.3 is 0 Å². The number of aryl methyl sites for hydroxylation is 3. The predicted octanol–water partition coefficient (Wildman–Crippen LogP) is 3.62. The van der Waals surface area contributed by atoms with Crippen molar-refractivity contribution in [3.05, 3.63) is 53.4 Å². The normalized spacial score (nSPS) is 12.9. The molecule has 0 fully saturated rings. The van der Waals surface area contributed by atoms with Gasteiger partial charge in [0.25, 0.3) is 0 Å². The third kappa shape index (κ3) is 4.14. The summed E-state index contributed by atoms with van der Waals surface area (Å²) >= 11 is 0. The highest BCUT2D eigenvalue weighted by Gasteiger charge is 2.13. The van der Waals surface area contributed by atoms with Gasteiger partial charge in [-0.05, 0) is 48.9 Å². The average Bonchev–Trinajstić information content (AvgIpc) is 2.85. The second-order valence-electron chi connectivity index (χ2n) is 6.07. The molecule has 0 amide bonds. The van der Waals surface area contributed by atoms with Crippen LogP contribution >= 0.6 is 0 Å². The van der Waals surface area contributed by atoms with Crippen LogP contribution in [0.3, 0.4) is 0 Å². The molecule has 2 rings (SSSR count). The van der Waals surface area contributed by atoms with E-state index in [1.807, 2.05) is 25.5 Å². The second kappa shape index (κ2) is 6.85. The molecule has 1 unspecified atom stereocenters. The maximum Gasteiger partial charge on any atom is 0.123 e. The zero-order valence-electron chi connectivity index (χ0n) is 13.0. The molecule has 0 aliphatic rings. The molecule has 2 aromatic rings. The van der Waals surface area contributed by atoms with Crippen molar-refractivity contribution in [3.63, 3.8) is 0 Å². The zero-order chi connectivity index (χ0) is 15.4. The molecule has 0 aliphatic carbocycles. The molecule has 0 aliphatic heterocycles. The fourth-order valence-corrected chi connectivity index (χ4v) is 2.64. The minimum atomic E-state index is -0.182. The molecule has 4 heteroatoms. The van der Waals surface area contributed by atoms with E-state index < -0.39 is 0 Å². The first-order valence-corrected chi connectivity index (χ1v) is 7.48. The molecule has 1 aromatic heterocycles. The second-order valence-corrected chi connectivity index (χ2v) is 6.07. The van der Waals surface area contributed by atoms with Gasteiger partial charge in [-0.1, -0.05) is 19.9 Å². The first-order chi connectivity index (χ1) is 9.97. The quantitative estimate of drug-likeness (QED) is 0.882. The molecule has 0 radical (unpaired) electrons. The Balaban J connectivity index is 2.05. The van der Waals surface area contributed by atoms with Crippen LogP contribution in [-0.2, 0) is 13.0 Å². The highest BCUT2D eigenvalue weighted by Crippen LogP contribution is 2.19. The van der Waals surface area contributed by atoms with Gasteiger partial charge in [0.2, 0.25) is 0 Å². The van der Waals surface area contributed by atoms with Crippen molar-refractivity contribution in [2.24, 2.45) is 11.7 Å². The van der Waals surface area contributed by atoms with Gasteiger partial charge < -0.3 is 10.3 Å². The molecule has 0 spiro atoms. The Bertz CT molecular complexity index is 589. The summed E-state index contributed by atoms with van der Waals surface area (Å²) in [5, 5.41) is 0. The van der Waals surface area contributed by atoms with E-state index >= 15 is 0 Å². The molecule has 0 saturated heterocycles. The summed E-state index contributed by atoms with van der Waals surface area (Å²) in [5.41, 5.74) is 9.47. The van der Waals surface area contributed by atoms with E-state index in [2.05, 4.69) is 23.4 Å². The van der Waals surface area contributed by atoms with Crippen molar-refractivity contribution < 1.29 is 4.39 Å². The zero-order valence-corrected chi connectivity index (χ0v) is 13.0. The van der Waals surface area contributed by atoms with E-state index in [0.29, 0.717) is 5.92 Å². The molecule has 21 heavy (non-hydrogen) atoms. The van der Waals surface area contributed by atoms with Gasteiger partial charge in [0.1, 0.15) is 5.82 Å². The van der Waals surface area contributed by atoms with E-state index in [1.54, 1.807) is 6.07 Å². The van der Waals surface area contributed by atoms with Gasteiger partial charge in [0, 0.05) is 18.8 Å². The van der Waals surface area contributed by atoms with Crippen molar-refractivity contribution in [3.8, 4) is 0 Å². The van der Waals surface area contributed by atoms with Gasteiger partial charge in [0.05, 0.1) is 12.0 Å². The van der Waals surface area contributed by atoms with Crippen molar-refractivity contribution >= 4 is 0 Å². The van der Waals surface area contributed by atoms with Crippen LogP contribution in [0.4, 0.5) is 4.39 Å². The number of hydrogen-bond donors (Lipinski definition) is 1. The fourth-order valence-electron chi connectivity index (χ4n) is 2.64. The molecule has 0 saturated carbocycles. The summed E-state index contributed by atoms with van der Waals surface area (Å²) in [5.74, 6) is 0.376. The monoisotopic (exact) mass is 289 g/mol. The van der Waals surface area contributed by atoms with E-state index in [4.69, 9.17) is 5.73 Å². The van der Waals surface area contributed by atoms with Crippen LogP contribution in [0, 0.1) is 18.7 Å². The summed E-state index contributed by atoms with van der Waals surface area (Å²) in [6, 6.07) is 4.97. The van der Waals surface area contributed by atoms with Crippen LogP contribution in [-0.4, -0.2) is 9.55 Å². The molecule has 1 aromatic carbocycles. The number of benzene rings is 1. The molecule has 0 bridgehead atoms. The Morgan fingerprint density at radius 2 is 2.10 bits per heavy atom. The lowest BCUT2D eigenvalue weighted by Gasteiger charge is -2.17. The Kier molecular flexibility index (Phi) is 5.12. The van der Waals surface area contributed by atoms with E-state index in [9.17, 15) is 4.39 Å². The van der Waals surface area contributed by atoms with Crippen LogP contribution in [0.1, 0.15) is 43.1 Å². The number of rotatable bonds is 6. The topological polar surface area (TPSA) is 43.8 Å². The number of nitrogens with zero attached hydrogens (tertiary/aromatic N) is 2. The van der Waals surface area contributed by atoms with E-state index in [0.717, 1.165) is 36.2 Å². The van der Waals surface area contributed by atoms with Crippen molar-refractivity contribution in [2.75, 3.05) is 0 Å². The van der Waals surface area contributed by atoms with Gasteiger partial charge in [-0.3, -0.25) is 0 Å². The Morgan fingerprint density at radius 1 is 1.33 bits per heavy atom. The first-order valence-electron chi connectivity index (χ1n) is 7.48. The Morgan fingerprint density at radius 3 is 2.76 bits per heavy atom. The minimum absolute atomic E-state index is 0.0156. The number of halogens is 1. The van der Waals surface area contributed by atoms with Crippen molar-refractivity contribution in [1.82, 2.24) is 9.55 Å². The van der Waals surface area contributed by atoms with Crippen LogP contribution in [0.25, 0.3) is 0 Å². The average molecular weight is 289 g/mol. The molecule has 114 valence electrons. The highest BCUT2D eigenvalue weighted by molar-refractivity contribution is 5.26. The number of hydrogen-bond acceptors (Lipinski definition) is 2. The van der Waals surface area contributed by atoms with Gasteiger partial charge in [-0.15, -0.1) is 0 Å². The number of aromatic nitrogens is 2. The smallest absolute Gasteiger partial charge is 0.123 e. The van der Waals surface area contributed by atoms with Crippen LogP contribution in [0.15, 0.2) is 30.7 Å². The first kappa shape index (κ1) is 15.7. The van der Waals surface area contributed by atoms with Gasteiger partial charge in [-0.2, -0.15) is 0 Å². The van der Waals surface area contributed by atoms with E-state index in [1.165, 1.54) is 6.07 Å². The maximum atomic E-state index is 13.1. The molecule has 2 N–H and O–H groups in total. The SMILES string of the molecule is Cc1cc(F)ccc1CCn1cncc1C(N)CC(C)C. The predicted molar refractivity (Wildman–Crippen MR) is 83.5 cm³/mol. The molecule has 3 nitrogen and oxygen atoms in total. The standard InChI is InChI=1S/C17H24FN3/c1-12(2)8-16(19)17-10-20-11-21(17)7-6-14-4-5-15(18)9-13(14)3/h4-5,9-12,16H,6-8,19H2,1-3H3. The summed E-state index contributed by atoms with van der Waals surface area (Å²) in [6.45, 7) is 7.09. The third-order valence-corrected chi connectivity index (χ3v) is 3.78. The van der Waals surface area contributed by atoms with Gasteiger partial charge in [0.15, 0.2) is 0 Å². The summed E-state index contributed by atoms with van der Waals surface area (Å²) < 4.78 is 15.2. The minimum Gasteiger partial charge on any atom is -0.333 e. The largest absolute Gasteiger partial charge is 0.333 e. The maximum absolute atomic E-state index is 13.1. The molecule has 1 heterocycles. The van der Waals surface area contributed by atoms with Crippen molar-refractivity contribution in [2.45, 2.75) is 46.2 Å². The number of nitrogens with two attached hydrogens (primary N) is 1. The molecule has 1 atom stereocenters.